The molecule has 1 saturated heterocycles. The summed E-state index contributed by atoms with van der Waals surface area (Å²) in [5.41, 5.74) is 1.89. The molecule has 31 heavy (non-hydrogen) atoms. The fourth-order valence-electron chi connectivity index (χ4n) is 4.32. The molecule has 1 saturated carbocycles. The molecule has 0 amide bonds. The van der Waals surface area contributed by atoms with Crippen LogP contribution >= 0.6 is 11.6 Å². The topological polar surface area (TPSA) is 108 Å². The first-order valence-corrected chi connectivity index (χ1v) is 10.7. The van der Waals surface area contributed by atoms with E-state index in [1.54, 1.807) is 33.8 Å². The van der Waals surface area contributed by atoms with Crippen LogP contribution in [0.25, 0.3) is 5.65 Å². The van der Waals surface area contributed by atoms with Crippen molar-refractivity contribution in [2.75, 3.05) is 18.0 Å². The van der Waals surface area contributed by atoms with E-state index >= 15 is 0 Å². The van der Waals surface area contributed by atoms with Gasteiger partial charge in [-0.1, -0.05) is 23.7 Å². The normalized spacial score (nSPS) is 21.4. The second kappa shape index (κ2) is 7.62. The number of anilines is 1. The molecule has 8 nitrogen and oxygen atoms in total. The Balaban J connectivity index is 1.57. The number of carbonyl (C=O) groups is 2. The molecule has 5 rings (SSSR count). The van der Waals surface area contributed by atoms with E-state index in [4.69, 9.17) is 11.6 Å². The molecular weight excluding hydrogens is 420 g/mol. The van der Waals surface area contributed by atoms with E-state index in [1.165, 1.54) is 0 Å². The predicted octanol–water partition coefficient (Wildman–Crippen LogP) is 2.76. The van der Waals surface area contributed by atoms with E-state index in [1.807, 2.05) is 12.1 Å². The van der Waals surface area contributed by atoms with Crippen molar-refractivity contribution in [3.63, 3.8) is 0 Å². The molecule has 1 aliphatic heterocycles. The lowest BCUT2D eigenvalue weighted by Crippen LogP contribution is -2.46. The lowest BCUT2D eigenvalue weighted by atomic mass is 9.94. The number of hydrogen-bond acceptors (Lipinski definition) is 6. The Morgan fingerprint density at radius 2 is 1.97 bits per heavy atom. The van der Waals surface area contributed by atoms with Crippen LogP contribution in [0.3, 0.4) is 0 Å². The number of carboxylic acid groups (broad SMARTS) is 1. The third kappa shape index (κ3) is 3.45. The molecule has 3 aromatic rings. The summed E-state index contributed by atoms with van der Waals surface area (Å²) in [7, 11) is 0. The first kappa shape index (κ1) is 20.0. The average Bonchev–Trinajstić information content (AvgIpc) is 3.53. The SMILES string of the molecule is O=C(c1c(Cl)cccc1C1CC1)c1nc(N2CC[C@H](C(=O)O)[C@@H](O)C2)c2ncccn12. The Hall–Kier alpha value is -2.97. The number of aliphatic hydroxyl groups excluding tert-OH is 1. The number of rotatable bonds is 5. The van der Waals surface area contributed by atoms with Gasteiger partial charge in [-0.25, -0.2) is 9.97 Å². The highest BCUT2D eigenvalue weighted by molar-refractivity contribution is 6.35. The van der Waals surface area contributed by atoms with Crippen LogP contribution in [-0.4, -0.2) is 55.5 Å². The number of imidazole rings is 1. The summed E-state index contributed by atoms with van der Waals surface area (Å²) < 4.78 is 1.63. The number of aromatic nitrogens is 3. The first-order valence-electron chi connectivity index (χ1n) is 10.3. The molecular formula is C22H21ClN4O4. The predicted molar refractivity (Wildman–Crippen MR) is 114 cm³/mol. The highest BCUT2D eigenvalue weighted by atomic mass is 35.5. The molecule has 0 bridgehead atoms. The van der Waals surface area contributed by atoms with E-state index in [2.05, 4.69) is 9.97 Å². The summed E-state index contributed by atoms with van der Waals surface area (Å²) in [6.45, 7) is 0.498. The fraction of sp³-hybridized carbons (Fsp3) is 0.364. The van der Waals surface area contributed by atoms with Crippen molar-refractivity contribution < 1.29 is 19.8 Å². The van der Waals surface area contributed by atoms with Gasteiger partial charge in [0.05, 0.1) is 17.0 Å². The Morgan fingerprint density at radius 3 is 2.68 bits per heavy atom. The van der Waals surface area contributed by atoms with Crippen LogP contribution in [0.4, 0.5) is 5.82 Å². The number of ketones is 1. The van der Waals surface area contributed by atoms with Crippen LogP contribution in [-0.2, 0) is 4.79 Å². The molecule has 9 heteroatoms. The molecule has 1 aliphatic carbocycles. The van der Waals surface area contributed by atoms with Gasteiger partial charge in [0, 0.05) is 31.0 Å². The third-order valence-corrected chi connectivity index (χ3v) is 6.39. The number of piperidine rings is 1. The Bertz CT molecular complexity index is 1190. The molecule has 2 N–H and O–H groups in total. The summed E-state index contributed by atoms with van der Waals surface area (Å²) in [5, 5.41) is 20.0. The summed E-state index contributed by atoms with van der Waals surface area (Å²) in [4.78, 5) is 35.7. The molecule has 0 unspecified atom stereocenters. The third-order valence-electron chi connectivity index (χ3n) is 6.08. The monoisotopic (exact) mass is 440 g/mol. The maximum atomic E-state index is 13.6. The number of fused-ring (bicyclic) bond motifs is 1. The van der Waals surface area contributed by atoms with Crippen molar-refractivity contribution in [2.45, 2.75) is 31.3 Å². The average molecular weight is 441 g/mol. The van der Waals surface area contributed by atoms with Crippen LogP contribution in [0, 0.1) is 5.92 Å². The number of hydrogen-bond donors (Lipinski definition) is 2. The molecule has 0 spiro atoms. The Labute approximate surface area is 183 Å². The molecule has 2 aliphatic rings. The van der Waals surface area contributed by atoms with Crippen molar-refractivity contribution >= 4 is 34.8 Å². The largest absolute Gasteiger partial charge is 0.481 e. The summed E-state index contributed by atoms with van der Waals surface area (Å²) in [6, 6.07) is 7.23. The number of benzene rings is 1. The van der Waals surface area contributed by atoms with Crippen molar-refractivity contribution in [3.8, 4) is 0 Å². The van der Waals surface area contributed by atoms with Crippen LogP contribution in [0.15, 0.2) is 36.7 Å². The standard InChI is InChI=1S/C22H21ClN4O4/c23-15-4-1-3-13(12-5-6-12)17(15)18(29)19-25-21(20-24-8-2-9-27(19)20)26-10-7-14(22(30)31)16(28)11-26/h1-4,8-9,12,14,16,28H,5-7,10-11H2,(H,30,31)/t14-,16-/m0/s1. The van der Waals surface area contributed by atoms with E-state index in [0.717, 1.165) is 18.4 Å². The van der Waals surface area contributed by atoms with Gasteiger partial charge >= 0.3 is 5.97 Å². The lowest BCUT2D eigenvalue weighted by molar-refractivity contribution is -0.146. The zero-order valence-corrected chi connectivity index (χ0v) is 17.4. The smallest absolute Gasteiger partial charge is 0.309 e. The molecule has 0 radical (unpaired) electrons. The van der Waals surface area contributed by atoms with Crippen molar-refractivity contribution in [1.29, 1.82) is 0 Å². The van der Waals surface area contributed by atoms with Gasteiger partial charge in [0.15, 0.2) is 17.3 Å². The molecule has 1 aromatic carbocycles. The molecule has 2 fully saturated rings. The second-order valence-electron chi connectivity index (χ2n) is 8.13. The zero-order valence-electron chi connectivity index (χ0n) is 16.6. The van der Waals surface area contributed by atoms with E-state index in [-0.39, 0.29) is 24.6 Å². The van der Waals surface area contributed by atoms with Gasteiger partial charge in [0.1, 0.15) is 0 Å². The number of carboxylic acids is 1. The number of aliphatic hydroxyl groups is 1. The molecule has 3 heterocycles. The van der Waals surface area contributed by atoms with E-state index in [0.29, 0.717) is 34.5 Å². The quantitative estimate of drug-likeness (QED) is 0.587. The number of nitrogens with zero attached hydrogens (tertiary/aromatic N) is 4. The second-order valence-corrected chi connectivity index (χ2v) is 8.53. The minimum absolute atomic E-state index is 0.104. The van der Waals surface area contributed by atoms with E-state index in [9.17, 15) is 19.8 Å². The highest BCUT2D eigenvalue weighted by Crippen LogP contribution is 2.43. The lowest BCUT2D eigenvalue weighted by Gasteiger charge is -2.34. The number of carbonyl (C=O) groups excluding carboxylic acids is 1. The number of aliphatic carboxylic acids is 1. The molecule has 2 atom stereocenters. The van der Waals surface area contributed by atoms with Crippen LogP contribution < -0.4 is 4.90 Å². The number of β-amino-alcohol motifs (C(OH)–C–C–N with tert-alkyl or cyclic N) is 1. The van der Waals surface area contributed by atoms with Gasteiger partial charge in [-0.3, -0.25) is 14.0 Å². The number of halogens is 1. The van der Waals surface area contributed by atoms with E-state index < -0.39 is 18.0 Å². The maximum absolute atomic E-state index is 13.6. The highest BCUT2D eigenvalue weighted by Gasteiger charge is 2.36. The summed E-state index contributed by atoms with van der Waals surface area (Å²) in [5.74, 6) is -1.12. The first-order chi connectivity index (χ1) is 15.0. The van der Waals surface area contributed by atoms with Crippen molar-refractivity contribution in [1.82, 2.24) is 14.4 Å². The minimum Gasteiger partial charge on any atom is -0.481 e. The molecule has 2 aromatic heterocycles. The minimum atomic E-state index is -1.03. The zero-order chi connectivity index (χ0) is 21.7. The van der Waals surface area contributed by atoms with Gasteiger partial charge in [-0.15, -0.1) is 0 Å². The van der Waals surface area contributed by atoms with Crippen LogP contribution in [0.5, 0.6) is 0 Å². The summed E-state index contributed by atoms with van der Waals surface area (Å²) >= 11 is 6.44. The van der Waals surface area contributed by atoms with Gasteiger partial charge in [0.25, 0.3) is 0 Å². The van der Waals surface area contributed by atoms with Gasteiger partial charge in [-0.05, 0) is 42.9 Å². The van der Waals surface area contributed by atoms with Crippen LogP contribution in [0.1, 0.15) is 46.9 Å². The van der Waals surface area contributed by atoms with Crippen molar-refractivity contribution in [2.24, 2.45) is 5.92 Å². The fourth-order valence-corrected chi connectivity index (χ4v) is 4.59. The van der Waals surface area contributed by atoms with Gasteiger partial charge in [-0.2, -0.15) is 0 Å². The Morgan fingerprint density at radius 1 is 1.16 bits per heavy atom. The van der Waals surface area contributed by atoms with Gasteiger partial charge in [0.2, 0.25) is 5.78 Å². The summed E-state index contributed by atoms with van der Waals surface area (Å²) in [6.07, 6.45) is 4.65. The van der Waals surface area contributed by atoms with Crippen LogP contribution in [0.2, 0.25) is 5.02 Å². The van der Waals surface area contributed by atoms with Crippen molar-refractivity contribution in [3.05, 3.63) is 58.6 Å². The van der Waals surface area contributed by atoms with Gasteiger partial charge < -0.3 is 15.1 Å². The maximum Gasteiger partial charge on any atom is 0.309 e. The molecule has 160 valence electrons. The Kier molecular flexibility index (Phi) is 4.91.